The SMILES string of the molecule is CN(C)CCOc1cccc(Cl)c1C(=O)O. The van der Waals surface area contributed by atoms with E-state index >= 15 is 0 Å². The Morgan fingerprint density at radius 3 is 2.75 bits per heavy atom. The van der Waals surface area contributed by atoms with Crippen molar-refractivity contribution in [1.82, 2.24) is 4.90 Å². The van der Waals surface area contributed by atoms with E-state index in [1.165, 1.54) is 6.07 Å². The fraction of sp³-hybridized carbons (Fsp3) is 0.364. The minimum Gasteiger partial charge on any atom is -0.491 e. The summed E-state index contributed by atoms with van der Waals surface area (Å²) in [5.41, 5.74) is 0.0166. The van der Waals surface area contributed by atoms with Gasteiger partial charge in [0.05, 0.1) is 5.02 Å². The lowest BCUT2D eigenvalue weighted by molar-refractivity contribution is 0.0692. The molecule has 5 heteroatoms. The van der Waals surface area contributed by atoms with Crippen LogP contribution in [0.2, 0.25) is 5.02 Å². The Morgan fingerprint density at radius 1 is 1.50 bits per heavy atom. The Labute approximate surface area is 99.4 Å². The quantitative estimate of drug-likeness (QED) is 0.859. The van der Waals surface area contributed by atoms with E-state index < -0.39 is 5.97 Å². The molecule has 0 fully saturated rings. The van der Waals surface area contributed by atoms with Gasteiger partial charge in [-0.05, 0) is 26.2 Å². The van der Waals surface area contributed by atoms with Gasteiger partial charge in [0.15, 0.2) is 0 Å². The highest BCUT2D eigenvalue weighted by Gasteiger charge is 2.15. The van der Waals surface area contributed by atoms with Crippen molar-refractivity contribution in [3.63, 3.8) is 0 Å². The average molecular weight is 244 g/mol. The lowest BCUT2D eigenvalue weighted by Crippen LogP contribution is -2.20. The molecule has 0 saturated heterocycles. The number of likely N-dealkylation sites (N-methyl/N-ethyl adjacent to an activating group) is 1. The number of hydrogen-bond acceptors (Lipinski definition) is 3. The van der Waals surface area contributed by atoms with Crippen molar-refractivity contribution in [2.24, 2.45) is 0 Å². The number of carbonyl (C=O) groups is 1. The predicted octanol–water partition coefficient (Wildman–Crippen LogP) is 1.98. The summed E-state index contributed by atoms with van der Waals surface area (Å²) < 4.78 is 5.38. The molecule has 1 rings (SSSR count). The second kappa shape index (κ2) is 5.72. The monoisotopic (exact) mass is 243 g/mol. The van der Waals surface area contributed by atoms with Crippen LogP contribution in [0.4, 0.5) is 0 Å². The fourth-order valence-electron chi connectivity index (χ4n) is 1.17. The summed E-state index contributed by atoms with van der Waals surface area (Å²) in [7, 11) is 3.83. The molecule has 0 aliphatic carbocycles. The van der Waals surface area contributed by atoms with E-state index in [1.54, 1.807) is 12.1 Å². The average Bonchev–Trinajstić information content (AvgIpc) is 2.16. The Morgan fingerprint density at radius 2 is 2.19 bits per heavy atom. The Kier molecular flexibility index (Phi) is 4.58. The number of hydrogen-bond donors (Lipinski definition) is 1. The first-order valence-electron chi connectivity index (χ1n) is 4.81. The van der Waals surface area contributed by atoms with Crippen LogP contribution in [-0.4, -0.2) is 43.2 Å². The highest BCUT2D eigenvalue weighted by Crippen LogP contribution is 2.26. The Balaban J connectivity index is 2.79. The normalized spacial score (nSPS) is 10.5. The molecule has 1 aromatic carbocycles. The zero-order valence-electron chi connectivity index (χ0n) is 9.24. The van der Waals surface area contributed by atoms with Crippen LogP contribution in [0.1, 0.15) is 10.4 Å². The van der Waals surface area contributed by atoms with Crippen molar-refractivity contribution < 1.29 is 14.6 Å². The van der Waals surface area contributed by atoms with E-state index in [1.807, 2.05) is 19.0 Å². The van der Waals surface area contributed by atoms with Crippen molar-refractivity contribution in [2.45, 2.75) is 0 Å². The Bertz CT molecular complexity index is 379. The molecule has 0 radical (unpaired) electrons. The number of rotatable bonds is 5. The molecule has 88 valence electrons. The summed E-state index contributed by atoms with van der Waals surface area (Å²) in [6, 6.07) is 4.80. The molecule has 16 heavy (non-hydrogen) atoms. The molecule has 0 heterocycles. The van der Waals surface area contributed by atoms with Gasteiger partial charge in [-0.3, -0.25) is 0 Å². The van der Waals surface area contributed by atoms with Crippen LogP contribution >= 0.6 is 11.6 Å². The second-order valence-corrected chi connectivity index (χ2v) is 3.98. The minimum atomic E-state index is -1.08. The first-order chi connectivity index (χ1) is 7.52. The summed E-state index contributed by atoms with van der Waals surface area (Å²) in [4.78, 5) is 12.9. The molecule has 0 unspecified atom stereocenters. The van der Waals surface area contributed by atoms with Crippen LogP contribution in [-0.2, 0) is 0 Å². The molecular weight excluding hydrogens is 230 g/mol. The van der Waals surface area contributed by atoms with Crippen molar-refractivity contribution in [3.05, 3.63) is 28.8 Å². The topological polar surface area (TPSA) is 49.8 Å². The molecule has 4 nitrogen and oxygen atoms in total. The maximum atomic E-state index is 11.0. The second-order valence-electron chi connectivity index (χ2n) is 3.57. The first-order valence-corrected chi connectivity index (χ1v) is 5.19. The molecule has 0 aliphatic heterocycles. The number of nitrogens with zero attached hydrogens (tertiary/aromatic N) is 1. The lowest BCUT2D eigenvalue weighted by Gasteiger charge is -2.13. The number of carboxylic acids is 1. The van der Waals surface area contributed by atoms with Crippen LogP contribution in [0.25, 0.3) is 0 Å². The smallest absolute Gasteiger partial charge is 0.341 e. The van der Waals surface area contributed by atoms with E-state index in [0.717, 1.165) is 0 Å². The van der Waals surface area contributed by atoms with Crippen molar-refractivity contribution in [1.29, 1.82) is 0 Å². The van der Waals surface area contributed by atoms with Gasteiger partial charge < -0.3 is 14.7 Å². The summed E-state index contributed by atoms with van der Waals surface area (Å²) in [5.74, 6) is -0.771. The third-order valence-electron chi connectivity index (χ3n) is 1.99. The maximum absolute atomic E-state index is 11.0. The van der Waals surface area contributed by atoms with Crippen LogP contribution in [0, 0.1) is 0 Å². The number of benzene rings is 1. The lowest BCUT2D eigenvalue weighted by atomic mass is 10.2. The Hall–Kier alpha value is -1.26. The van der Waals surface area contributed by atoms with Crippen LogP contribution in [0.5, 0.6) is 5.75 Å². The standard InChI is InChI=1S/C11H14ClNO3/c1-13(2)6-7-16-9-5-3-4-8(12)10(9)11(14)15/h3-5H,6-7H2,1-2H3,(H,14,15). The van der Waals surface area contributed by atoms with E-state index in [9.17, 15) is 4.79 Å². The van der Waals surface area contributed by atoms with Crippen molar-refractivity contribution in [3.8, 4) is 5.75 Å². The number of halogens is 1. The number of ether oxygens (including phenoxy) is 1. The highest BCUT2D eigenvalue weighted by molar-refractivity contribution is 6.33. The van der Waals surface area contributed by atoms with Crippen LogP contribution < -0.4 is 4.74 Å². The van der Waals surface area contributed by atoms with Gasteiger partial charge >= 0.3 is 5.97 Å². The molecule has 1 aromatic rings. The minimum absolute atomic E-state index is 0.0166. The van der Waals surface area contributed by atoms with E-state index in [4.69, 9.17) is 21.4 Å². The summed E-state index contributed by atoms with van der Waals surface area (Å²) in [6.07, 6.45) is 0. The van der Waals surface area contributed by atoms with E-state index in [-0.39, 0.29) is 10.6 Å². The van der Waals surface area contributed by atoms with Gasteiger partial charge in [0.2, 0.25) is 0 Å². The van der Waals surface area contributed by atoms with E-state index in [0.29, 0.717) is 18.9 Å². The third-order valence-corrected chi connectivity index (χ3v) is 2.30. The zero-order chi connectivity index (χ0) is 12.1. The summed E-state index contributed by atoms with van der Waals surface area (Å²) in [5, 5.41) is 9.17. The molecule has 0 atom stereocenters. The largest absolute Gasteiger partial charge is 0.491 e. The van der Waals surface area contributed by atoms with Gasteiger partial charge in [-0.1, -0.05) is 17.7 Å². The molecule has 1 N–H and O–H groups in total. The summed E-state index contributed by atoms with van der Waals surface area (Å²) >= 11 is 5.79. The van der Waals surface area contributed by atoms with Gasteiger partial charge in [0.25, 0.3) is 0 Å². The van der Waals surface area contributed by atoms with Crippen LogP contribution in [0.15, 0.2) is 18.2 Å². The maximum Gasteiger partial charge on any atom is 0.341 e. The van der Waals surface area contributed by atoms with Gasteiger partial charge in [-0.15, -0.1) is 0 Å². The molecule has 0 saturated carbocycles. The van der Waals surface area contributed by atoms with Crippen molar-refractivity contribution in [2.75, 3.05) is 27.2 Å². The fourth-order valence-corrected chi connectivity index (χ4v) is 1.42. The highest BCUT2D eigenvalue weighted by atomic mass is 35.5. The number of aromatic carboxylic acids is 1. The first kappa shape index (κ1) is 12.8. The van der Waals surface area contributed by atoms with E-state index in [2.05, 4.69) is 0 Å². The van der Waals surface area contributed by atoms with Gasteiger partial charge in [0.1, 0.15) is 17.9 Å². The molecule has 0 aromatic heterocycles. The predicted molar refractivity (Wildman–Crippen MR) is 62.5 cm³/mol. The van der Waals surface area contributed by atoms with Gasteiger partial charge in [-0.2, -0.15) is 0 Å². The molecule has 0 amide bonds. The molecule has 0 spiro atoms. The van der Waals surface area contributed by atoms with Gasteiger partial charge in [0, 0.05) is 6.54 Å². The molecule has 0 aliphatic rings. The molecule has 0 bridgehead atoms. The molecular formula is C11H14ClNO3. The van der Waals surface area contributed by atoms with Crippen LogP contribution in [0.3, 0.4) is 0 Å². The van der Waals surface area contributed by atoms with Gasteiger partial charge in [-0.25, -0.2) is 4.79 Å². The number of carboxylic acid groups (broad SMARTS) is 1. The third kappa shape index (κ3) is 3.40. The zero-order valence-corrected chi connectivity index (χ0v) is 9.99. The van der Waals surface area contributed by atoms with Crippen molar-refractivity contribution >= 4 is 17.6 Å². The summed E-state index contributed by atoms with van der Waals surface area (Å²) in [6.45, 7) is 1.14.